The summed E-state index contributed by atoms with van der Waals surface area (Å²) in [6.07, 6.45) is 24.4. The van der Waals surface area contributed by atoms with E-state index in [0.29, 0.717) is 0 Å². The van der Waals surface area contributed by atoms with Crippen LogP contribution in [0.5, 0.6) is 0 Å². The summed E-state index contributed by atoms with van der Waals surface area (Å²) in [5.74, 6) is 0. The van der Waals surface area contributed by atoms with E-state index in [1.165, 1.54) is 159 Å². The molecular weight excluding hydrogens is 836 g/mol. The minimum Gasteiger partial charge on any atom is -0.371 e. The fraction of sp³-hybridized carbons (Fsp3) is 0.612. The molecule has 6 aliphatic rings. The van der Waals surface area contributed by atoms with Crippen LogP contribution in [0.2, 0.25) is 13.3 Å². The zero-order valence-corrected chi connectivity index (χ0v) is 40.3. The van der Waals surface area contributed by atoms with Crippen LogP contribution in [0.3, 0.4) is 0 Å². The molecule has 0 radical (unpaired) electrons. The molecule has 0 atom stereocenters. The maximum atomic E-state index is 3.61. The molecule has 6 heteroatoms. The van der Waals surface area contributed by atoms with Crippen molar-refractivity contribution in [2.24, 2.45) is 0 Å². The van der Waals surface area contributed by atoms with Gasteiger partial charge < -0.3 is 17.2 Å². The fourth-order valence-corrected chi connectivity index (χ4v) is 27.7. The van der Waals surface area contributed by atoms with E-state index in [1.807, 2.05) is 3.58 Å². The van der Waals surface area contributed by atoms with Crippen molar-refractivity contribution in [1.29, 1.82) is 0 Å². The molecule has 296 valence electrons. The minimum absolute atomic E-state index is 0. The van der Waals surface area contributed by atoms with Gasteiger partial charge >= 0.3 is 186 Å². The molecule has 0 N–H and O–H groups in total. The second-order valence-corrected chi connectivity index (χ2v) is 31.5. The van der Waals surface area contributed by atoms with Gasteiger partial charge in [0.25, 0.3) is 0 Å². The second kappa shape index (κ2) is 21.8. The predicted octanol–water partition coefficient (Wildman–Crippen LogP) is 9.43. The molecule has 3 nitrogen and oxygen atoms in total. The van der Waals surface area contributed by atoms with Crippen LogP contribution in [0.4, 0.5) is 17.1 Å². The average molecular weight is 910 g/mol. The first-order valence-electron chi connectivity index (χ1n) is 22.4. The summed E-state index contributed by atoms with van der Waals surface area (Å²) in [7, 11) is 0. The molecule has 0 saturated heterocycles. The molecule has 0 unspecified atom stereocenters. The molecule has 0 aromatic heterocycles. The summed E-state index contributed by atoms with van der Waals surface area (Å²) in [6.45, 7) is 14.9. The Hall–Kier alpha value is -1.06. The standard InChI is InChI=1S/C12H14BrN.C12H15N.C12H14N.3C4H9.CH3.Li.Sn/c13-11-7-9-3-1-5-14-6-2-4-10(8-11)12(9)14;2*1-4-10-6-2-8-13-9-3-7-11(5-1)12(10)13;3*1-3-4-2;;;/h7-8H,1-6H2;1,4-5H,2-3,6-9H2;4-5H,2-3,6-9H2;3*1,3-4H2,2H3;1H3;;/q;;;;;;-1;+1;. The number of rotatable bonds is 10. The molecule has 6 aliphatic heterocycles. The van der Waals surface area contributed by atoms with Crippen LogP contribution in [0.1, 0.15) is 131 Å². The SMILES string of the molecule is Brc1cc2c3c(c1)CCCN3CCC2.CCC[CH2][Sn]([CH2]CCC)([CH2]CCC)[c]1cc2c3c(c1)CCCN3CCC2.[CH3-].[Li+].c1cc2c3c(c1)CCCN3CCC2. The minimum atomic E-state index is -2.28. The van der Waals surface area contributed by atoms with Gasteiger partial charge in [-0.1, -0.05) is 34.1 Å². The molecule has 9 rings (SSSR count). The molecule has 0 saturated carbocycles. The maximum absolute atomic E-state index is 3.61. The fourth-order valence-electron chi connectivity index (χ4n) is 10.9. The smallest absolute Gasteiger partial charge is 0.371 e. The van der Waals surface area contributed by atoms with E-state index in [-0.39, 0.29) is 26.3 Å². The first-order valence-corrected chi connectivity index (χ1v) is 30.6. The molecular formula is C49H73BrLiN3Sn. The van der Waals surface area contributed by atoms with Crippen LogP contribution in [0, 0.1) is 7.43 Å². The van der Waals surface area contributed by atoms with E-state index in [9.17, 15) is 0 Å². The molecule has 55 heavy (non-hydrogen) atoms. The largest absolute Gasteiger partial charge is 1.00 e. The summed E-state index contributed by atoms with van der Waals surface area (Å²) in [5.41, 5.74) is 14.6. The summed E-state index contributed by atoms with van der Waals surface area (Å²) in [5, 5.41) is 0. The van der Waals surface area contributed by atoms with E-state index in [4.69, 9.17) is 0 Å². The number of benzene rings is 3. The predicted molar refractivity (Wildman–Crippen MR) is 245 cm³/mol. The van der Waals surface area contributed by atoms with E-state index in [1.54, 1.807) is 63.8 Å². The van der Waals surface area contributed by atoms with Crippen molar-refractivity contribution in [3.63, 3.8) is 0 Å². The number of halogens is 1. The Labute approximate surface area is 362 Å². The number of hydrogen-bond donors (Lipinski definition) is 0. The Morgan fingerprint density at radius 1 is 0.491 bits per heavy atom. The van der Waals surface area contributed by atoms with Gasteiger partial charge in [-0.05, 0) is 85.8 Å². The molecule has 0 spiro atoms. The van der Waals surface area contributed by atoms with Crippen molar-refractivity contribution in [1.82, 2.24) is 0 Å². The van der Waals surface area contributed by atoms with Crippen LogP contribution >= 0.6 is 15.9 Å². The number of unbranched alkanes of at least 4 members (excludes halogenated alkanes) is 3. The molecule has 0 aliphatic carbocycles. The maximum Gasteiger partial charge on any atom is 1.00 e. The van der Waals surface area contributed by atoms with Crippen LogP contribution in [-0.4, -0.2) is 57.6 Å². The third-order valence-electron chi connectivity index (χ3n) is 13.5. The molecule has 6 heterocycles. The van der Waals surface area contributed by atoms with E-state index < -0.39 is 18.4 Å². The van der Waals surface area contributed by atoms with Crippen molar-refractivity contribution >= 4 is 54.9 Å². The van der Waals surface area contributed by atoms with Crippen molar-refractivity contribution in [3.05, 3.63) is 87.7 Å². The van der Waals surface area contributed by atoms with Gasteiger partial charge in [0.1, 0.15) is 0 Å². The molecule has 3 aromatic carbocycles. The first kappa shape index (κ1) is 45.0. The summed E-state index contributed by atoms with van der Waals surface area (Å²) < 4.78 is 8.00. The summed E-state index contributed by atoms with van der Waals surface area (Å²) in [6, 6.07) is 16.9. The van der Waals surface area contributed by atoms with Crippen molar-refractivity contribution < 1.29 is 18.9 Å². The summed E-state index contributed by atoms with van der Waals surface area (Å²) in [4.78, 5) is 7.87. The molecule has 3 aromatic rings. The van der Waals surface area contributed by atoms with Gasteiger partial charge in [0, 0.05) is 42.0 Å². The van der Waals surface area contributed by atoms with Gasteiger partial charge in [0.15, 0.2) is 0 Å². The topological polar surface area (TPSA) is 9.72 Å². The van der Waals surface area contributed by atoms with Gasteiger partial charge in [-0.3, -0.25) is 0 Å². The van der Waals surface area contributed by atoms with Crippen molar-refractivity contribution in [2.45, 2.75) is 150 Å². The Balaban J connectivity index is 0.000000168. The Kier molecular flexibility index (Phi) is 17.8. The second-order valence-electron chi connectivity index (χ2n) is 17.3. The number of aryl methyl sites for hydroxylation is 6. The van der Waals surface area contributed by atoms with Gasteiger partial charge in [0.05, 0.1) is 0 Å². The third kappa shape index (κ3) is 10.6. The van der Waals surface area contributed by atoms with E-state index in [0.717, 1.165) is 0 Å². The van der Waals surface area contributed by atoms with Crippen LogP contribution in [0.25, 0.3) is 0 Å². The van der Waals surface area contributed by atoms with Gasteiger partial charge in [-0.2, -0.15) is 0 Å². The van der Waals surface area contributed by atoms with Gasteiger partial charge in [-0.25, -0.2) is 0 Å². The van der Waals surface area contributed by atoms with Crippen LogP contribution in [0.15, 0.2) is 46.9 Å². The zero-order chi connectivity index (χ0) is 36.6. The number of hydrogen-bond acceptors (Lipinski definition) is 3. The number of para-hydroxylation sites is 1. The van der Waals surface area contributed by atoms with E-state index in [2.05, 4.69) is 93.9 Å². The Bertz CT molecular complexity index is 1560. The van der Waals surface area contributed by atoms with E-state index >= 15 is 0 Å². The molecule has 0 fully saturated rings. The number of nitrogens with zero attached hydrogens (tertiary/aromatic N) is 3. The first-order chi connectivity index (χ1) is 26.0. The number of anilines is 3. The normalized spacial score (nSPS) is 17.5. The monoisotopic (exact) mass is 909 g/mol. The Morgan fingerprint density at radius 2 is 0.800 bits per heavy atom. The molecule has 0 bridgehead atoms. The third-order valence-corrected chi connectivity index (χ3v) is 29.5. The quantitative estimate of drug-likeness (QED) is 0.148. The summed E-state index contributed by atoms with van der Waals surface area (Å²) >= 11 is 1.33. The van der Waals surface area contributed by atoms with Crippen LogP contribution in [-0.2, 0) is 38.5 Å². The van der Waals surface area contributed by atoms with Gasteiger partial charge in [0.2, 0.25) is 0 Å². The molecule has 0 amide bonds. The van der Waals surface area contributed by atoms with Crippen LogP contribution < -0.4 is 37.1 Å². The average Bonchev–Trinajstić information content (AvgIpc) is 3.19. The van der Waals surface area contributed by atoms with Crippen molar-refractivity contribution in [3.8, 4) is 0 Å². The van der Waals surface area contributed by atoms with Crippen molar-refractivity contribution in [2.75, 3.05) is 54.0 Å². The van der Waals surface area contributed by atoms with Gasteiger partial charge in [-0.15, -0.1) is 0 Å². The zero-order valence-electron chi connectivity index (χ0n) is 35.9. The Morgan fingerprint density at radius 3 is 1.15 bits per heavy atom.